The number of fused-ring (bicyclic) bond motifs is 1. The zero-order chi connectivity index (χ0) is 25.1. The number of carbonyl (C=O) groups excluding carboxylic acids is 2. The highest BCUT2D eigenvalue weighted by Gasteiger charge is 2.34. The SMILES string of the molecule is C[C@@]1(CO)CCc2ccc(C(=O)NCC(=O)Nc3nc(-c4cccc(-c5cnccn5)n4)cs3)cc21. The fourth-order valence-corrected chi connectivity index (χ4v) is 4.95. The highest BCUT2D eigenvalue weighted by atomic mass is 32.1. The predicted octanol–water partition coefficient (Wildman–Crippen LogP) is 3.23. The van der Waals surface area contributed by atoms with Gasteiger partial charge in [0.25, 0.3) is 5.91 Å². The second-order valence-corrected chi connectivity index (χ2v) is 9.72. The molecule has 3 aromatic heterocycles. The normalized spacial score (nSPS) is 16.4. The van der Waals surface area contributed by atoms with Crippen LogP contribution in [0.25, 0.3) is 22.8 Å². The number of nitrogens with zero attached hydrogens (tertiary/aromatic N) is 4. The maximum atomic E-state index is 12.7. The summed E-state index contributed by atoms with van der Waals surface area (Å²) in [6, 6.07) is 11.0. The van der Waals surface area contributed by atoms with Crippen LogP contribution in [0.4, 0.5) is 5.13 Å². The van der Waals surface area contributed by atoms with E-state index in [1.54, 1.807) is 30.0 Å². The fraction of sp³-hybridized carbons (Fsp3) is 0.231. The van der Waals surface area contributed by atoms with Crippen LogP contribution >= 0.6 is 11.3 Å². The number of benzene rings is 1. The fourth-order valence-electron chi connectivity index (χ4n) is 4.23. The Bertz CT molecular complexity index is 1420. The summed E-state index contributed by atoms with van der Waals surface area (Å²) >= 11 is 1.27. The van der Waals surface area contributed by atoms with Gasteiger partial charge in [0.15, 0.2) is 5.13 Å². The minimum absolute atomic E-state index is 0.0312. The molecule has 1 aromatic carbocycles. The van der Waals surface area contributed by atoms with Gasteiger partial charge in [0.1, 0.15) is 11.4 Å². The zero-order valence-corrected chi connectivity index (χ0v) is 20.4. The van der Waals surface area contributed by atoms with Crippen molar-refractivity contribution in [2.24, 2.45) is 0 Å². The van der Waals surface area contributed by atoms with Gasteiger partial charge in [0.05, 0.1) is 30.7 Å². The van der Waals surface area contributed by atoms with Crippen molar-refractivity contribution >= 4 is 28.3 Å². The molecule has 0 unspecified atom stereocenters. The summed E-state index contributed by atoms with van der Waals surface area (Å²) < 4.78 is 0. The number of thiazole rings is 1. The van der Waals surface area contributed by atoms with E-state index in [1.807, 2.05) is 37.3 Å². The van der Waals surface area contributed by atoms with Gasteiger partial charge in [0.2, 0.25) is 5.91 Å². The first-order chi connectivity index (χ1) is 17.4. The third-order valence-electron chi connectivity index (χ3n) is 6.31. The first-order valence-electron chi connectivity index (χ1n) is 11.5. The Morgan fingerprint density at radius 1 is 1.08 bits per heavy atom. The van der Waals surface area contributed by atoms with Crippen LogP contribution in [-0.4, -0.2) is 50.0 Å². The van der Waals surface area contributed by atoms with E-state index in [4.69, 9.17) is 0 Å². The summed E-state index contributed by atoms with van der Waals surface area (Å²) in [6.07, 6.45) is 6.58. The van der Waals surface area contributed by atoms with Crippen LogP contribution in [0.3, 0.4) is 0 Å². The standard InChI is InChI=1S/C26H24N6O3S/c1-26(15-33)8-7-16-5-6-17(11-18(16)26)24(35)29-13-23(34)32-25-31-22(14-36-25)20-4-2-3-19(30-20)21-12-27-9-10-28-21/h2-6,9-12,14,33H,7-8,13,15H2,1H3,(H,29,35)(H,31,32,34)/t26-/m0/s1. The highest BCUT2D eigenvalue weighted by Crippen LogP contribution is 2.38. The van der Waals surface area contributed by atoms with Crippen LogP contribution in [-0.2, 0) is 16.6 Å². The van der Waals surface area contributed by atoms with E-state index in [9.17, 15) is 14.7 Å². The van der Waals surface area contributed by atoms with E-state index in [0.717, 1.165) is 24.0 Å². The Balaban J connectivity index is 1.20. The summed E-state index contributed by atoms with van der Waals surface area (Å²) in [6.45, 7) is 1.84. The Hall–Kier alpha value is -4.02. The molecule has 0 aliphatic heterocycles. The highest BCUT2D eigenvalue weighted by molar-refractivity contribution is 7.14. The lowest BCUT2D eigenvalue weighted by molar-refractivity contribution is -0.115. The number of carbonyl (C=O) groups is 2. The van der Waals surface area contributed by atoms with Crippen LogP contribution in [0.15, 0.2) is 60.4 Å². The average molecular weight is 501 g/mol. The molecule has 182 valence electrons. The Kier molecular flexibility index (Phi) is 6.53. The summed E-state index contributed by atoms with van der Waals surface area (Å²) in [5.41, 5.74) is 4.87. The van der Waals surface area contributed by atoms with Gasteiger partial charge in [-0.3, -0.25) is 19.6 Å². The molecule has 4 aromatic rings. The minimum Gasteiger partial charge on any atom is -0.395 e. The zero-order valence-electron chi connectivity index (χ0n) is 19.6. The number of pyridine rings is 1. The molecule has 9 nitrogen and oxygen atoms in total. The molecule has 36 heavy (non-hydrogen) atoms. The third kappa shape index (κ3) is 4.86. The van der Waals surface area contributed by atoms with Crippen molar-refractivity contribution in [2.75, 3.05) is 18.5 Å². The van der Waals surface area contributed by atoms with Crippen molar-refractivity contribution in [3.05, 3.63) is 77.1 Å². The number of hydrogen-bond acceptors (Lipinski definition) is 8. The molecule has 5 rings (SSSR count). The number of aromatic nitrogens is 4. The molecule has 0 fully saturated rings. The Labute approximate surface area is 211 Å². The molecule has 0 radical (unpaired) electrons. The third-order valence-corrected chi connectivity index (χ3v) is 7.07. The second kappa shape index (κ2) is 9.92. The molecule has 3 heterocycles. The number of nitrogens with one attached hydrogen (secondary N) is 2. The molecular weight excluding hydrogens is 476 g/mol. The lowest BCUT2D eigenvalue weighted by Gasteiger charge is -2.22. The van der Waals surface area contributed by atoms with E-state index in [1.165, 1.54) is 11.3 Å². The van der Waals surface area contributed by atoms with Crippen LogP contribution in [0.1, 0.15) is 34.8 Å². The number of rotatable bonds is 7. The number of aryl methyl sites for hydroxylation is 1. The van der Waals surface area contributed by atoms with Crippen molar-refractivity contribution in [2.45, 2.75) is 25.2 Å². The van der Waals surface area contributed by atoms with Gasteiger partial charge in [-0.15, -0.1) is 11.3 Å². The topological polar surface area (TPSA) is 130 Å². The molecule has 10 heteroatoms. The lowest BCUT2D eigenvalue weighted by Crippen LogP contribution is -2.33. The Morgan fingerprint density at radius 3 is 2.69 bits per heavy atom. The first kappa shape index (κ1) is 23.7. The van der Waals surface area contributed by atoms with Crippen LogP contribution in [0.2, 0.25) is 0 Å². The maximum Gasteiger partial charge on any atom is 0.251 e. The largest absolute Gasteiger partial charge is 0.395 e. The van der Waals surface area contributed by atoms with Crippen molar-refractivity contribution in [1.82, 2.24) is 25.3 Å². The monoisotopic (exact) mass is 500 g/mol. The van der Waals surface area contributed by atoms with Gasteiger partial charge in [0, 0.05) is 28.8 Å². The van der Waals surface area contributed by atoms with Gasteiger partial charge < -0.3 is 15.7 Å². The smallest absolute Gasteiger partial charge is 0.251 e. The molecule has 1 aliphatic carbocycles. The molecule has 3 N–H and O–H groups in total. The van der Waals surface area contributed by atoms with E-state index in [0.29, 0.717) is 33.5 Å². The van der Waals surface area contributed by atoms with Gasteiger partial charge >= 0.3 is 0 Å². The molecule has 0 saturated heterocycles. The minimum atomic E-state index is -0.383. The number of amides is 2. The Morgan fingerprint density at radius 2 is 1.92 bits per heavy atom. The molecule has 1 atom stereocenters. The van der Waals surface area contributed by atoms with Gasteiger partial charge in [-0.05, 0) is 48.2 Å². The quantitative estimate of drug-likeness (QED) is 0.355. The van der Waals surface area contributed by atoms with E-state index < -0.39 is 0 Å². The van der Waals surface area contributed by atoms with Crippen molar-refractivity contribution < 1.29 is 14.7 Å². The van der Waals surface area contributed by atoms with Crippen LogP contribution < -0.4 is 10.6 Å². The molecular formula is C26H24N6O3S. The summed E-state index contributed by atoms with van der Waals surface area (Å²) in [4.78, 5) is 42.5. The predicted molar refractivity (Wildman–Crippen MR) is 137 cm³/mol. The first-order valence-corrected chi connectivity index (χ1v) is 12.3. The summed E-state index contributed by atoms with van der Waals surface area (Å²) in [7, 11) is 0. The van der Waals surface area contributed by atoms with E-state index in [-0.39, 0.29) is 30.4 Å². The van der Waals surface area contributed by atoms with Gasteiger partial charge in [-0.1, -0.05) is 19.1 Å². The summed E-state index contributed by atoms with van der Waals surface area (Å²) in [5.74, 6) is -0.725. The van der Waals surface area contributed by atoms with Crippen LogP contribution in [0.5, 0.6) is 0 Å². The number of aliphatic hydroxyl groups excluding tert-OH is 1. The molecule has 2 amide bonds. The molecule has 0 saturated carbocycles. The van der Waals surface area contributed by atoms with E-state index in [2.05, 4.69) is 30.6 Å². The number of hydrogen-bond donors (Lipinski definition) is 3. The van der Waals surface area contributed by atoms with E-state index >= 15 is 0 Å². The van der Waals surface area contributed by atoms with Gasteiger partial charge in [-0.25, -0.2) is 9.97 Å². The van der Waals surface area contributed by atoms with Crippen molar-refractivity contribution in [3.8, 4) is 22.8 Å². The maximum absolute atomic E-state index is 12.7. The molecule has 0 spiro atoms. The van der Waals surface area contributed by atoms with Gasteiger partial charge in [-0.2, -0.15) is 0 Å². The summed E-state index contributed by atoms with van der Waals surface area (Å²) in [5, 5.41) is 17.4. The number of aliphatic hydroxyl groups is 1. The second-order valence-electron chi connectivity index (χ2n) is 8.86. The van der Waals surface area contributed by atoms with Crippen LogP contribution in [0, 0.1) is 0 Å². The average Bonchev–Trinajstić information content (AvgIpc) is 3.52. The van der Waals surface area contributed by atoms with Crippen molar-refractivity contribution in [3.63, 3.8) is 0 Å². The molecule has 0 bridgehead atoms. The molecule has 1 aliphatic rings. The number of anilines is 1. The van der Waals surface area contributed by atoms with Crippen molar-refractivity contribution in [1.29, 1.82) is 0 Å². The lowest BCUT2D eigenvalue weighted by atomic mass is 9.84.